The quantitative estimate of drug-likeness (QED) is 0.913. The average molecular weight is 336 g/mol. The lowest BCUT2D eigenvalue weighted by molar-refractivity contribution is -0.130. The van der Waals surface area contributed by atoms with E-state index < -0.39 is 0 Å². The molecule has 2 aromatic rings. The predicted molar refractivity (Wildman–Crippen MR) is 87.6 cm³/mol. The zero-order valence-electron chi connectivity index (χ0n) is 11.9. The monoisotopic (exact) mass is 336 g/mol. The summed E-state index contributed by atoms with van der Waals surface area (Å²) in [6.07, 6.45) is 1.79. The van der Waals surface area contributed by atoms with Crippen molar-refractivity contribution in [3.8, 4) is 0 Å². The lowest BCUT2D eigenvalue weighted by atomic mass is 10.3. The Morgan fingerprint density at radius 2 is 2.00 bits per heavy atom. The molecule has 2 amide bonds. The third-order valence-electron chi connectivity index (χ3n) is 3.47. The number of nitrogens with one attached hydrogen (secondary N) is 1. The van der Waals surface area contributed by atoms with Crippen LogP contribution in [-0.2, 0) is 4.79 Å². The third-order valence-corrected chi connectivity index (χ3v) is 5.17. The van der Waals surface area contributed by atoms with Crippen LogP contribution in [-0.4, -0.2) is 54.4 Å². The van der Waals surface area contributed by atoms with Crippen LogP contribution >= 0.6 is 22.7 Å². The minimum Gasteiger partial charge on any atom is -0.345 e. The highest BCUT2D eigenvalue weighted by atomic mass is 32.1. The van der Waals surface area contributed by atoms with Crippen molar-refractivity contribution in [2.45, 2.75) is 0 Å². The van der Waals surface area contributed by atoms with Crippen LogP contribution in [0.15, 0.2) is 29.1 Å². The summed E-state index contributed by atoms with van der Waals surface area (Å²) in [6, 6.07) is 3.57. The van der Waals surface area contributed by atoms with Gasteiger partial charge in [0, 0.05) is 37.8 Å². The number of rotatable bonds is 4. The fourth-order valence-corrected chi connectivity index (χ4v) is 3.62. The fourth-order valence-electron chi connectivity index (χ4n) is 2.28. The molecule has 22 heavy (non-hydrogen) atoms. The van der Waals surface area contributed by atoms with E-state index in [1.807, 2.05) is 16.8 Å². The number of anilines is 1. The van der Waals surface area contributed by atoms with Gasteiger partial charge in [-0.1, -0.05) is 6.07 Å². The first kappa shape index (κ1) is 15.0. The second-order valence-electron chi connectivity index (χ2n) is 4.84. The molecule has 2 aromatic heterocycles. The van der Waals surface area contributed by atoms with Gasteiger partial charge in [-0.3, -0.25) is 9.59 Å². The van der Waals surface area contributed by atoms with Gasteiger partial charge in [-0.15, -0.1) is 22.7 Å². The molecule has 3 rings (SSSR count). The number of aromatic nitrogens is 1. The summed E-state index contributed by atoms with van der Waals surface area (Å²) >= 11 is 2.97. The topological polar surface area (TPSA) is 65.5 Å². The van der Waals surface area contributed by atoms with E-state index in [0.29, 0.717) is 18.0 Å². The Morgan fingerprint density at radius 3 is 2.64 bits per heavy atom. The molecule has 116 valence electrons. The van der Waals surface area contributed by atoms with E-state index in [-0.39, 0.29) is 18.4 Å². The Balaban J connectivity index is 1.45. The number of carbonyl (C=O) groups is 2. The van der Waals surface area contributed by atoms with E-state index in [0.717, 1.165) is 18.2 Å². The Kier molecular flexibility index (Phi) is 4.69. The third kappa shape index (κ3) is 3.45. The van der Waals surface area contributed by atoms with Gasteiger partial charge in [0.15, 0.2) is 5.13 Å². The van der Waals surface area contributed by atoms with Gasteiger partial charge in [0.1, 0.15) is 0 Å². The van der Waals surface area contributed by atoms with Crippen molar-refractivity contribution in [3.63, 3.8) is 0 Å². The lowest BCUT2D eigenvalue weighted by Crippen LogP contribution is -2.51. The molecule has 0 saturated carbocycles. The number of thiazole rings is 1. The minimum atomic E-state index is -0.190. The zero-order valence-corrected chi connectivity index (χ0v) is 13.5. The van der Waals surface area contributed by atoms with Crippen molar-refractivity contribution in [2.75, 3.05) is 37.6 Å². The van der Waals surface area contributed by atoms with Crippen molar-refractivity contribution in [1.82, 2.24) is 15.2 Å². The predicted octanol–water partition coefficient (Wildman–Crippen LogP) is 1.28. The molecule has 6 nitrogen and oxygen atoms in total. The van der Waals surface area contributed by atoms with Gasteiger partial charge in [-0.05, 0) is 11.4 Å². The van der Waals surface area contributed by atoms with Crippen molar-refractivity contribution < 1.29 is 9.59 Å². The molecule has 1 aliphatic rings. The van der Waals surface area contributed by atoms with Gasteiger partial charge >= 0.3 is 0 Å². The summed E-state index contributed by atoms with van der Waals surface area (Å²) in [7, 11) is 0. The van der Waals surface area contributed by atoms with Crippen molar-refractivity contribution in [1.29, 1.82) is 0 Å². The van der Waals surface area contributed by atoms with Crippen LogP contribution in [0.2, 0.25) is 0 Å². The molecule has 0 bridgehead atoms. The fraction of sp³-hybridized carbons (Fsp3) is 0.357. The Hall–Kier alpha value is -1.93. The van der Waals surface area contributed by atoms with Gasteiger partial charge in [0.2, 0.25) is 5.91 Å². The SMILES string of the molecule is O=C(NCC(=O)N1CCN(c2nccs2)CC1)c1cccs1. The summed E-state index contributed by atoms with van der Waals surface area (Å²) in [6.45, 7) is 2.92. The van der Waals surface area contributed by atoms with Crippen molar-refractivity contribution in [2.24, 2.45) is 0 Å². The summed E-state index contributed by atoms with van der Waals surface area (Å²) < 4.78 is 0. The van der Waals surface area contributed by atoms with Gasteiger partial charge in [0.25, 0.3) is 5.91 Å². The number of piperazine rings is 1. The first-order valence-corrected chi connectivity index (χ1v) is 8.74. The molecule has 0 radical (unpaired) electrons. The van der Waals surface area contributed by atoms with Crippen LogP contribution in [0, 0.1) is 0 Å². The molecule has 1 N–H and O–H groups in total. The molecular weight excluding hydrogens is 320 g/mol. The molecule has 0 aliphatic carbocycles. The lowest BCUT2D eigenvalue weighted by Gasteiger charge is -2.34. The summed E-state index contributed by atoms with van der Waals surface area (Å²) in [5, 5.41) is 7.47. The molecule has 0 unspecified atom stereocenters. The summed E-state index contributed by atoms with van der Waals surface area (Å²) in [5.41, 5.74) is 0. The number of nitrogens with zero attached hydrogens (tertiary/aromatic N) is 3. The van der Waals surface area contributed by atoms with Gasteiger partial charge < -0.3 is 15.1 Å². The molecule has 0 spiro atoms. The highest BCUT2D eigenvalue weighted by molar-refractivity contribution is 7.13. The number of hydrogen-bond acceptors (Lipinski definition) is 6. The van der Waals surface area contributed by atoms with E-state index >= 15 is 0 Å². The summed E-state index contributed by atoms with van der Waals surface area (Å²) in [5.74, 6) is -0.228. The Labute approximate surface area is 136 Å². The molecule has 1 fully saturated rings. The molecule has 1 saturated heterocycles. The maximum atomic E-state index is 12.1. The van der Waals surface area contributed by atoms with Crippen molar-refractivity contribution in [3.05, 3.63) is 34.0 Å². The van der Waals surface area contributed by atoms with E-state index in [2.05, 4.69) is 15.2 Å². The van der Waals surface area contributed by atoms with Crippen LogP contribution in [0.25, 0.3) is 0 Å². The molecular formula is C14H16N4O2S2. The molecule has 0 aromatic carbocycles. The highest BCUT2D eigenvalue weighted by Crippen LogP contribution is 2.18. The Morgan fingerprint density at radius 1 is 1.18 bits per heavy atom. The average Bonchev–Trinajstić information content (AvgIpc) is 3.25. The largest absolute Gasteiger partial charge is 0.345 e. The van der Waals surface area contributed by atoms with Crippen molar-refractivity contribution >= 4 is 39.6 Å². The maximum Gasteiger partial charge on any atom is 0.261 e. The van der Waals surface area contributed by atoms with Gasteiger partial charge in [0.05, 0.1) is 11.4 Å². The van der Waals surface area contributed by atoms with E-state index in [1.165, 1.54) is 11.3 Å². The zero-order chi connectivity index (χ0) is 15.4. The van der Waals surface area contributed by atoms with E-state index in [1.54, 1.807) is 28.5 Å². The highest BCUT2D eigenvalue weighted by Gasteiger charge is 2.22. The molecule has 0 atom stereocenters. The smallest absolute Gasteiger partial charge is 0.261 e. The Bertz CT molecular complexity index is 619. The van der Waals surface area contributed by atoms with Gasteiger partial charge in [-0.2, -0.15) is 0 Å². The van der Waals surface area contributed by atoms with Gasteiger partial charge in [-0.25, -0.2) is 4.98 Å². The van der Waals surface area contributed by atoms with Crippen LogP contribution in [0.1, 0.15) is 9.67 Å². The molecule has 8 heteroatoms. The summed E-state index contributed by atoms with van der Waals surface area (Å²) in [4.78, 5) is 32.8. The molecule has 1 aliphatic heterocycles. The number of carbonyl (C=O) groups excluding carboxylic acids is 2. The maximum absolute atomic E-state index is 12.1. The molecule has 3 heterocycles. The number of amides is 2. The van der Waals surface area contributed by atoms with Crippen LogP contribution in [0.5, 0.6) is 0 Å². The minimum absolute atomic E-state index is 0.0382. The standard InChI is InChI=1S/C14H16N4O2S2/c19-12(10-16-13(20)11-2-1-8-21-11)17-4-6-18(7-5-17)14-15-3-9-22-14/h1-3,8-9H,4-7,10H2,(H,16,20). The number of hydrogen-bond donors (Lipinski definition) is 1. The van der Waals surface area contributed by atoms with Crippen LogP contribution in [0.3, 0.4) is 0 Å². The number of thiophene rings is 1. The normalized spacial score (nSPS) is 14.9. The second-order valence-corrected chi connectivity index (χ2v) is 6.66. The van der Waals surface area contributed by atoms with Crippen LogP contribution in [0.4, 0.5) is 5.13 Å². The second kappa shape index (κ2) is 6.89. The first-order valence-electron chi connectivity index (χ1n) is 6.98. The first-order chi connectivity index (χ1) is 10.7. The van der Waals surface area contributed by atoms with Crippen LogP contribution < -0.4 is 10.2 Å². The van der Waals surface area contributed by atoms with E-state index in [9.17, 15) is 9.59 Å². The van der Waals surface area contributed by atoms with E-state index in [4.69, 9.17) is 0 Å².